The molecule has 0 saturated heterocycles. The number of aryl methyl sites for hydroxylation is 1. The van der Waals surface area contributed by atoms with Crippen LogP contribution in [0.5, 0.6) is 0 Å². The van der Waals surface area contributed by atoms with Crippen LogP contribution in [0.1, 0.15) is 34.8 Å². The van der Waals surface area contributed by atoms with Crippen LogP contribution < -0.4 is 4.72 Å². The fraction of sp³-hybridized carbons (Fsp3) is 0.389. The topological polar surface area (TPSA) is 88.8 Å². The SMILES string of the molecule is COC(=O)c1cc(S(=O)(=O)N[C@@H](C)[C@@H](c2ccccc2)N(C)C)c(C)o1. The third-order valence-electron chi connectivity index (χ3n) is 4.06. The second-order valence-electron chi connectivity index (χ2n) is 6.25. The molecule has 0 fully saturated rings. The van der Waals surface area contributed by atoms with Crippen molar-refractivity contribution in [3.05, 3.63) is 53.5 Å². The Balaban J connectivity index is 2.30. The lowest BCUT2D eigenvalue weighted by molar-refractivity contribution is 0.0563. The number of hydrogen-bond acceptors (Lipinski definition) is 6. The van der Waals surface area contributed by atoms with E-state index >= 15 is 0 Å². The molecule has 7 nitrogen and oxygen atoms in total. The molecule has 26 heavy (non-hydrogen) atoms. The van der Waals surface area contributed by atoms with Crippen molar-refractivity contribution in [3.8, 4) is 0 Å². The van der Waals surface area contributed by atoms with Gasteiger partial charge in [-0.05, 0) is 33.5 Å². The Hall–Kier alpha value is -2.16. The van der Waals surface area contributed by atoms with Crippen molar-refractivity contribution in [2.45, 2.75) is 30.8 Å². The summed E-state index contributed by atoms with van der Waals surface area (Å²) in [7, 11) is 1.11. The lowest BCUT2D eigenvalue weighted by Gasteiger charge is -2.30. The van der Waals surface area contributed by atoms with Crippen molar-refractivity contribution in [2.24, 2.45) is 0 Å². The van der Waals surface area contributed by atoms with Gasteiger partial charge in [0.25, 0.3) is 0 Å². The number of carbonyl (C=O) groups is 1. The minimum absolute atomic E-state index is 0.0738. The molecule has 0 aliphatic carbocycles. The Bertz CT molecular complexity index is 859. The summed E-state index contributed by atoms with van der Waals surface area (Å²) >= 11 is 0. The largest absolute Gasteiger partial charge is 0.463 e. The van der Waals surface area contributed by atoms with E-state index in [-0.39, 0.29) is 22.5 Å². The monoisotopic (exact) mass is 380 g/mol. The van der Waals surface area contributed by atoms with Gasteiger partial charge in [-0.1, -0.05) is 30.3 Å². The van der Waals surface area contributed by atoms with Crippen LogP contribution in [0.4, 0.5) is 0 Å². The zero-order chi connectivity index (χ0) is 19.5. The normalized spacial score (nSPS) is 14.2. The number of nitrogens with one attached hydrogen (secondary N) is 1. The highest BCUT2D eigenvalue weighted by atomic mass is 32.2. The lowest BCUT2D eigenvalue weighted by Crippen LogP contribution is -2.42. The average Bonchev–Trinajstić information content (AvgIpc) is 2.97. The van der Waals surface area contributed by atoms with E-state index in [9.17, 15) is 13.2 Å². The number of ether oxygens (including phenoxy) is 1. The first kappa shape index (κ1) is 20.2. The van der Waals surface area contributed by atoms with Crippen molar-refractivity contribution in [1.82, 2.24) is 9.62 Å². The smallest absolute Gasteiger partial charge is 0.373 e. The predicted octanol–water partition coefficient (Wildman–Crippen LogP) is 2.34. The van der Waals surface area contributed by atoms with Gasteiger partial charge in [0.05, 0.1) is 13.2 Å². The summed E-state index contributed by atoms with van der Waals surface area (Å²) in [5.41, 5.74) is 0.992. The van der Waals surface area contributed by atoms with Crippen LogP contribution in [0.15, 0.2) is 45.7 Å². The Morgan fingerprint density at radius 1 is 1.23 bits per heavy atom. The molecule has 1 aromatic heterocycles. The first-order chi connectivity index (χ1) is 12.2. The lowest BCUT2D eigenvalue weighted by atomic mass is 10.0. The first-order valence-corrected chi connectivity index (χ1v) is 9.58. The van der Waals surface area contributed by atoms with E-state index in [0.29, 0.717) is 0 Å². The van der Waals surface area contributed by atoms with Crippen LogP contribution in [0.2, 0.25) is 0 Å². The van der Waals surface area contributed by atoms with E-state index in [4.69, 9.17) is 4.42 Å². The summed E-state index contributed by atoms with van der Waals surface area (Å²) < 4.78 is 38.1. The van der Waals surface area contributed by atoms with Gasteiger partial charge < -0.3 is 14.1 Å². The molecule has 0 radical (unpaired) electrons. The number of rotatable bonds is 7. The highest BCUT2D eigenvalue weighted by Gasteiger charge is 2.30. The number of likely N-dealkylation sites (N-methyl/N-ethyl adjacent to an activating group) is 1. The fourth-order valence-electron chi connectivity index (χ4n) is 2.99. The molecule has 8 heteroatoms. The van der Waals surface area contributed by atoms with E-state index in [1.54, 1.807) is 6.92 Å². The van der Waals surface area contributed by atoms with Gasteiger partial charge in [0, 0.05) is 12.1 Å². The van der Waals surface area contributed by atoms with Crippen molar-refractivity contribution in [2.75, 3.05) is 21.2 Å². The van der Waals surface area contributed by atoms with Crippen molar-refractivity contribution < 1.29 is 22.4 Å². The summed E-state index contributed by atoms with van der Waals surface area (Å²) in [5, 5.41) is 0. The maximum absolute atomic E-state index is 12.8. The van der Waals surface area contributed by atoms with Gasteiger partial charge >= 0.3 is 5.97 Å². The molecule has 0 bridgehead atoms. The number of methoxy groups -OCH3 is 1. The second kappa shape index (κ2) is 8.03. The summed E-state index contributed by atoms with van der Waals surface area (Å²) in [5.74, 6) is -0.741. The average molecular weight is 380 g/mol. The highest BCUT2D eigenvalue weighted by Crippen LogP contribution is 2.25. The van der Waals surface area contributed by atoms with Gasteiger partial charge in [-0.25, -0.2) is 17.9 Å². The Labute approximate surface area is 154 Å². The molecule has 0 amide bonds. The van der Waals surface area contributed by atoms with E-state index in [1.807, 2.05) is 49.3 Å². The minimum Gasteiger partial charge on any atom is -0.463 e. The molecule has 0 saturated carbocycles. The second-order valence-corrected chi connectivity index (χ2v) is 7.93. The van der Waals surface area contributed by atoms with Gasteiger partial charge in [0.1, 0.15) is 10.7 Å². The molecule has 2 rings (SSSR count). The van der Waals surface area contributed by atoms with Crippen LogP contribution in [-0.4, -0.2) is 46.5 Å². The molecule has 0 unspecified atom stereocenters. The molecule has 0 aliphatic rings. The number of hydrogen-bond donors (Lipinski definition) is 1. The Kier molecular flexibility index (Phi) is 6.22. The molecule has 2 atom stereocenters. The zero-order valence-electron chi connectivity index (χ0n) is 15.5. The standard InChI is InChI=1S/C18H24N2O5S/c1-12(17(20(3)4)14-9-7-6-8-10-14)19-26(22,23)16-11-15(18(21)24-5)25-13(16)2/h6-12,17,19H,1-5H3/t12-,17-/m0/s1. The van der Waals surface area contributed by atoms with Crippen LogP contribution in [0.3, 0.4) is 0 Å². The highest BCUT2D eigenvalue weighted by molar-refractivity contribution is 7.89. The molecular weight excluding hydrogens is 356 g/mol. The zero-order valence-corrected chi connectivity index (χ0v) is 16.3. The van der Waals surface area contributed by atoms with E-state index in [2.05, 4.69) is 9.46 Å². The van der Waals surface area contributed by atoms with Gasteiger partial charge in [0.2, 0.25) is 15.8 Å². The quantitative estimate of drug-likeness (QED) is 0.742. The number of carbonyl (C=O) groups excluding carboxylic acids is 1. The maximum atomic E-state index is 12.8. The molecule has 0 spiro atoms. The first-order valence-electron chi connectivity index (χ1n) is 8.10. The van der Waals surface area contributed by atoms with E-state index in [0.717, 1.165) is 5.56 Å². The molecule has 1 heterocycles. The van der Waals surface area contributed by atoms with Crippen molar-refractivity contribution >= 4 is 16.0 Å². The van der Waals surface area contributed by atoms with Gasteiger partial charge in [0.15, 0.2) is 0 Å². The third kappa shape index (κ3) is 4.32. The summed E-state index contributed by atoms with van der Waals surface area (Å²) in [6.07, 6.45) is 0. The van der Waals surface area contributed by atoms with Crippen LogP contribution in [0.25, 0.3) is 0 Å². The number of benzene rings is 1. The van der Waals surface area contributed by atoms with Gasteiger partial charge in [-0.3, -0.25) is 0 Å². The molecule has 0 aliphatic heterocycles. The predicted molar refractivity (Wildman–Crippen MR) is 97.4 cm³/mol. The summed E-state index contributed by atoms with van der Waals surface area (Å²) in [6, 6.07) is 10.2. The molecule has 1 N–H and O–H groups in total. The van der Waals surface area contributed by atoms with Crippen molar-refractivity contribution in [3.63, 3.8) is 0 Å². The van der Waals surface area contributed by atoms with Crippen LogP contribution >= 0.6 is 0 Å². The number of sulfonamides is 1. The van der Waals surface area contributed by atoms with E-state index in [1.165, 1.54) is 20.1 Å². The molecule has 1 aromatic carbocycles. The Morgan fingerprint density at radius 2 is 1.85 bits per heavy atom. The fourth-order valence-corrected chi connectivity index (χ4v) is 4.42. The van der Waals surface area contributed by atoms with Crippen molar-refractivity contribution in [1.29, 1.82) is 0 Å². The van der Waals surface area contributed by atoms with Gasteiger partial charge in [-0.2, -0.15) is 0 Å². The molecule has 2 aromatic rings. The number of esters is 1. The number of nitrogens with zero attached hydrogens (tertiary/aromatic N) is 1. The number of furan rings is 1. The van der Waals surface area contributed by atoms with Crippen LogP contribution in [0, 0.1) is 6.92 Å². The maximum Gasteiger partial charge on any atom is 0.373 e. The van der Waals surface area contributed by atoms with Gasteiger partial charge in [-0.15, -0.1) is 0 Å². The van der Waals surface area contributed by atoms with Crippen LogP contribution in [-0.2, 0) is 14.8 Å². The summed E-state index contributed by atoms with van der Waals surface area (Å²) in [4.78, 5) is 13.4. The van der Waals surface area contributed by atoms with E-state index < -0.39 is 22.0 Å². The molecule has 142 valence electrons. The Morgan fingerprint density at radius 3 is 2.38 bits per heavy atom. The minimum atomic E-state index is -3.88. The third-order valence-corrected chi connectivity index (χ3v) is 5.73. The molecular formula is C18H24N2O5S. The summed E-state index contributed by atoms with van der Waals surface area (Å²) in [6.45, 7) is 3.29.